The summed E-state index contributed by atoms with van der Waals surface area (Å²) in [5, 5.41) is 2.17. The summed E-state index contributed by atoms with van der Waals surface area (Å²) in [6.07, 6.45) is 0. The molecule has 0 spiro atoms. The molecular formula is C4H10N2. The molecule has 2 nitrogen and oxygen atoms in total. The van der Waals surface area contributed by atoms with E-state index in [1.54, 1.807) is 0 Å². The van der Waals surface area contributed by atoms with E-state index in [2.05, 4.69) is 24.3 Å². The van der Waals surface area contributed by atoms with Crippen LogP contribution in [0.2, 0.25) is 0 Å². The van der Waals surface area contributed by atoms with Gasteiger partial charge in [-0.25, -0.2) is 10.4 Å². The number of rotatable bonds is 1. The number of hydrogen-bond acceptors (Lipinski definition) is 2. The fourth-order valence-electron chi connectivity index (χ4n) is 0.406. The molecule has 0 amide bonds. The Morgan fingerprint density at radius 1 is 1.67 bits per heavy atom. The number of nitrogens with one attached hydrogen (secondary N) is 1. The molecule has 6 heavy (non-hydrogen) atoms. The second-order valence-corrected chi connectivity index (χ2v) is 1.88. The Bertz CT molecular complexity index is 47.5. The standard InChI is InChI=1S/C4H10N2/c1-4(2)6-3-5-6/h4-5H,3H2,1-2H3. The molecular weight excluding hydrogens is 76.1 g/mol. The number of nitrogens with zero attached hydrogens (tertiary/aromatic N) is 1. The van der Waals surface area contributed by atoms with Gasteiger partial charge < -0.3 is 0 Å². The number of hydrazine groups is 1. The van der Waals surface area contributed by atoms with Crippen molar-refractivity contribution in [3.8, 4) is 0 Å². The van der Waals surface area contributed by atoms with Crippen LogP contribution in [0, 0.1) is 0 Å². The van der Waals surface area contributed by atoms with Gasteiger partial charge in [-0.3, -0.25) is 0 Å². The second kappa shape index (κ2) is 1.21. The molecule has 0 saturated carbocycles. The van der Waals surface area contributed by atoms with E-state index in [1.807, 2.05) is 0 Å². The first kappa shape index (κ1) is 4.09. The summed E-state index contributed by atoms with van der Waals surface area (Å²) in [5.41, 5.74) is 3.07. The summed E-state index contributed by atoms with van der Waals surface area (Å²) >= 11 is 0. The second-order valence-electron chi connectivity index (χ2n) is 1.88. The summed E-state index contributed by atoms with van der Waals surface area (Å²) < 4.78 is 0. The van der Waals surface area contributed by atoms with Crippen molar-refractivity contribution in [1.82, 2.24) is 10.4 Å². The highest BCUT2D eigenvalue weighted by atomic mass is 15.7. The first-order chi connectivity index (χ1) is 2.80. The minimum absolute atomic E-state index is 0.685. The van der Waals surface area contributed by atoms with E-state index in [0.29, 0.717) is 6.04 Å². The third-order valence-corrected chi connectivity index (χ3v) is 0.964. The van der Waals surface area contributed by atoms with Crippen LogP contribution in [0.3, 0.4) is 0 Å². The van der Waals surface area contributed by atoms with Gasteiger partial charge >= 0.3 is 0 Å². The topological polar surface area (TPSA) is 25.0 Å². The van der Waals surface area contributed by atoms with E-state index in [0.717, 1.165) is 6.67 Å². The molecule has 0 aromatic carbocycles. The Morgan fingerprint density at radius 2 is 2.17 bits per heavy atom. The fraction of sp³-hybridized carbons (Fsp3) is 1.00. The van der Waals surface area contributed by atoms with Gasteiger partial charge in [0, 0.05) is 6.04 Å². The highest BCUT2D eigenvalue weighted by Gasteiger charge is 2.18. The third kappa shape index (κ3) is 0.698. The molecule has 1 rings (SSSR count). The average molecular weight is 86.1 g/mol. The maximum atomic E-state index is 3.07. The molecule has 0 aliphatic carbocycles. The summed E-state index contributed by atoms with van der Waals surface area (Å²) in [4.78, 5) is 0. The van der Waals surface area contributed by atoms with Crippen LogP contribution in [0.5, 0.6) is 0 Å². The molecule has 1 atom stereocenters. The predicted molar refractivity (Wildman–Crippen MR) is 25.0 cm³/mol. The van der Waals surface area contributed by atoms with Crippen molar-refractivity contribution in [2.24, 2.45) is 0 Å². The Morgan fingerprint density at radius 3 is 2.17 bits per heavy atom. The molecule has 0 bridgehead atoms. The van der Waals surface area contributed by atoms with Gasteiger partial charge in [-0.1, -0.05) is 0 Å². The van der Waals surface area contributed by atoms with Crippen molar-refractivity contribution in [2.45, 2.75) is 19.9 Å². The Hall–Kier alpha value is -0.0800. The molecule has 1 saturated heterocycles. The summed E-state index contributed by atoms with van der Waals surface area (Å²) in [7, 11) is 0. The molecule has 1 aliphatic heterocycles. The minimum Gasteiger partial charge on any atom is -0.238 e. The van der Waals surface area contributed by atoms with E-state index >= 15 is 0 Å². The van der Waals surface area contributed by atoms with Crippen LogP contribution < -0.4 is 5.43 Å². The first-order valence-electron chi connectivity index (χ1n) is 2.31. The van der Waals surface area contributed by atoms with Crippen LogP contribution >= 0.6 is 0 Å². The molecule has 1 fully saturated rings. The first-order valence-corrected chi connectivity index (χ1v) is 2.31. The molecule has 0 aromatic rings. The van der Waals surface area contributed by atoms with Gasteiger partial charge in [0.1, 0.15) is 0 Å². The van der Waals surface area contributed by atoms with Gasteiger partial charge in [0.15, 0.2) is 0 Å². The zero-order chi connectivity index (χ0) is 4.57. The van der Waals surface area contributed by atoms with E-state index in [1.165, 1.54) is 0 Å². The highest BCUT2D eigenvalue weighted by molar-refractivity contribution is 4.63. The van der Waals surface area contributed by atoms with Crippen LogP contribution in [-0.4, -0.2) is 17.7 Å². The molecule has 2 heteroatoms. The monoisotopic (exact) mass is 86.1 g/mol. The smallest absolute Gasteiger partial charge is 0.0757 e. The fourth-order valence-corrected chi connectivity index (χ4v) is 0.406. The normalized spacial score (nSPS) is 31.5. The lowest BCUT2D eigenvalue weighted by Gasteiger charge is -1.97. The van der Waals surface area contributed by atoms with Gasteiger partial charge in [-0.05, 0) is 13.8 Å². The van der Waals surface area contributed by atoms with E-state index < -0.39 is 0 Å². The van der Waals surface area contributed by atoms with Crippen LogP contribution in [-0.2, 0) is 0 Å². The Kier molecular flexibility index (Phi) is 0.821. The van der Waals surface area contributed by atoms with Crippen molar-refractivity contribution in [3.05, 3.63) is 0 Å². The maximum absolute atomic E-state index is 3.07. The maximum Gasteiger partial charge on any atom is 0.0757 e. The van der Waals surface area contributed by atoms with E-state index in [9.17, 15) is 0 Å². The SMILES string of the molecule is CC(C)N1CN1. The van der Waals surface area contributed by atoms with Crippen LogP contribution in [0.4, 0.5) is 0 Å². The van der Waals surface area contributed by atoms with E-state index in [4.69, 9.17) is 0 Å². The lowest BCUT2D eigenvalue weighted by atomic mass is 10.4. The predicted octanol–water partition coefficient (Wildman–Crippen LogP) is 0.173. The van der Waals surface area contributed by atoms with Crippen molar-refractivity contribution in [2.75, 3.05) is 6.67 Å². The zero-order valence-corrected chi connectivity index (χ0v) is 4.23. The molecule has 36 valence electrons. The zero-order valence-electron chi connectivity index (χ0n) is 4.23. The average Bonchev–Trinajstić information content (AvgIpc) is 2.06. The van der Waals surface area contributed by atoms with Crippen molar-refractivity contribution >= 4 is 0 Å². The Balaban J connectivity index is 2.13. The molecule has 1 N–H and O–H groups in total. The lowest BCUT2D eigenvalue weighted by molar-refractivity contribution is 0.423. The molecule has 0 radical (unpaired) electrons. The molecule has 0 aromatic heterocycles. The summed E-state index contributed by atoms with van der Waals surface area (Å²) in [5.74, 6) is 0. The van der Waals surface area contributed by atoms with Crippen LogP contribution in [0.25, 0.3) is 0 Å². The van der Waals surface area contributed by atoms with Gasteiger partial charge in [0.05, 0.1) is 6.67 Å². The molecule has 1 heterocycles. The van der Waals surface area contributed by atoms with Gasteiger partial charge in [0.25, 0.3) is 0 Å². The van der Waals surface area contributed by atoms with Crippen LogP contribution in [0.1, 0.15) is 13.8 Å². The Labute approximate surface area is 38.1 Å². The lowest BCUT2D eigenvalue weighted by Crippen LogP contribution is -2.10. The highest BCUT2D eigenvalue weighted by Crippen LogP contribution is 1.99. The van der Waals surface area contributed by atoms with Crippen molar-refractivity contribution in [1.29, 1.82) is 0 Å². The van der Waals surface area contributed by atoms with Gasteiger partial charge in [0.2, 0.25) is 0 Å². The summed E-state index contributed by atoms with van der Waals surface area (Å²) in [6, 6.07) is 0.685. The van der Waals surface area contributed by atoms with Crippen LogP contribution in [0.15, 0.2) is 0 Å². The van der Waals surface area contributed by atoms with Gasteiger partial charge in [-0.2, -0.15) is 0 Å². The number of hydrogen-bond donors (Lipinski definition) is 1. The van der Waals surface area contributed by atoms with E-state index in [-0.39, 0.29) is 0 Å². The summed E-state index contributed by atoms with van der Waals surface area (Å²) in [6.45, 7) is 5.41. The quantitative estimate of drug-likeness (QED) is 0.460. The van der Waals surface area contributed by atoms with Gasteiger partial charge in [-0.15, -0.1) is 0 Å². The largest absolute Gasteiger partial charge is 0.238 e. The van der Waals surface area contributed by atoms with Crippen molar-refractivity contribution in [3.63, 3.8) is 0 Å². The minimum atomic E-state index is 0.685. The van der Waals surface area contributed by atoms with Crippen molar-refractivity contribution < 1.29 is 0 Å². The molecule has 1 unspecified atom stereocenters. The molecule has 1 aliphatic rings. The third-order valence-electron chi connectivity index (χ3n) is 0.964.